The van der Waals surface area contributed by atoms with Crippen LogP contribution in [0.1, 0.15) is 26.7 Å². The highest BCUT2D eigenvalue weighted by atomic mass is 32.2. The van der Waals surface area contributed by atoms with E-state index in [1.54, 1.807) is 0 Å². The number of hydrogen-bond acceptors (Lipinski definition) is 5. The Bertz CT molecular complexity index is 407. The van der Waals surface area contributed by atoms with Crippen LogP contribution >= 0.6 is 0 Å². The number of sulfone groups is 1. The number of carbonyl (C=O) groups is 2. The highest BCUT2D eigenvalue weighted by molar-refractivity contribution is 7.93. The first kappa shape index (κ1) is 13.2. The van der Waals surface area contributed by atoms with Gasteiger partial charge in [-0.3, -0.25) is 9.59 Å². The summed E-state index contributed by atoms with van der Waals surface area (Å²) < 4.78 is 26.7. The molecule has 92 valence electrons. The minimum absolute atomic E-state index is 0.0115. The molecule has 0 N–H and O–H groups in total. The van der Waals surface area contributed by atoms with Crippen LogP contribution in [0.25, 0.3) is 0 Å². The van der Waals surface area contributed by atoms with Gasteiger partial charge in [-0.05, 0) is 20.3 Å². The quantitative estimate of drug-likeness (QED) is 0.531. The van der Waals surface area contributed by atoms with E-state index in [0.29, 0.717) is 6.42 Å². The SMILES string of the molecule is COC(=O)CC(=O)C1CCS(=O)(=O)C1(C)C. The van der Waals surface area contributed by atoms with E-state index >= 15 is 0 Å². The Balaban J connectivity index is 2.85. The molecule has 5 nitrogen and oxygen atoms in total. The maximum Gasteiger partial charge on any atom is 0.313 e. The van der Waals surface area contributed by atoms with Crippen molar-refractivity contribution < 1.29 is 22.7 Å². The number of carbonyl (C=O) groups excluding carboxylic acids is 2. The molecule has 6 heteroatoms. The number of Topliss-reactive ketones (excluding diaryl/α,β-unsaturated/α-hetero) is 1. The molecule has 1 unspecified atom stereocenters. The lowest BCUT2D eigenvalue weighted by molar-refractivity contribution is -0.144. The molecule has 0 aromatic carbocycles. The lowest BCUT2D eigenvalue weighted by atomic mass is 9.87. The van der Waals surface area contributed by atoms with E-state index in [1.165, 1.54) is 21.0 Å². The highest BCUT2D eigenvalue weighted by Crippen LogP contribution is 2.38. The van der Waals surface area contributed by atoms with Crippen LogP contribution in [-0.2, 0) is 24.2 Å². The van der Waals surface area contributed by atoms with Crippen molar-refractivity contribution in [3.63, 3.8) is 0 Å². The molecule has 0 saturated carbocycles. The Morgan fingerprint density at radius 2 is 1.94 bits per heavy atom. The fraction of sp³-hybridized carbons (Fsp3) is 0.800. The van der Waals surface area contributed by atoms with Gasteiger partial charge in [0.05, 0.1) is 17.6 Å². The number of hydrogen-bond donors (Lipinski definition) is 0. The normalized spacial score (nSPS) is 26.3. The third-order valence-corrected chi connectivity index (χ3v) is 5.91. The van der Waals surface area contributed by atoms with Gasteiger partial charge in [0.25, 0.3) is 0 Å². The molecule has 1 fully saturated rings. The van der Waals surface area contributed by atoms with Gasteiger partial charge in [0, 0.05) is 5.92 Å². The first-order valence-corrected chi connectivity index (χ1v) is 6.69. The molecule has 16 heavy (non-hydrogen) atoms. The largest absolute Gasteiger partial charge is 0.469 e. The molecule has 1 aliphatic heterocycles. The van der Waals surface area contributed by atoms with Crippen molar-refractivity contribution in [3.05, 3.63) is 0 Å². The summed E-state index contributed by atoms with van der Waals surface area (Å²) in [4.78, 5) is 22.7. The van der Waals surface area contributed by atoms with E-state index in [-0.39, 0.29) is 18.0 Å². The first-order valence-electron chi connectivity index (χ1n) is 5.04. The van der Waals surface area contributed by atoms with Crippen molar-refractivity contribution in [2.45, 2.75) is 31.4 Å². The minimum Gasteiger partial charge on any atom is -0.469 e. The molecule has 0 amide bonds. The molecule has 1 heterocycles. The van der Waals surface area contributed by atoms with Crippen LogP contribution in [-0.4, -0.2) is 37.8 Å². The van der Waals surface area contributed by atoms with Gasteiger partial charge in [-0.2, -0.15) is 0 Å². The summed E-state index contributed by atoms with van der Waals surface area (Å²) in [5, 5.41) is 0. The molecule has 0 aliphatic carbocycles. The second-order valence-electron chi connectivity index (χ2n) is 4.48. The van der Waals surface area contributed by atoms with Gasteiger partial charge >= 0.3 is 5.97 Å². The molecule has 1 atom stereocenters. The molecule has 1 saturated heterocycles. The maximum absolute atomic E-state index is 11.8. The van der Waals surface area contributed by atoms with Crippen molar-refractivity contribution >= 4 is 21.6 Å². The maximum atomic E-state index is 11.8. The van der Waals surface area contributed by atoms with Crippen molar-refractivity contribution in [2.24, 2.45) is 5.92 Å². The number of ketones is 1. The highest BCUT2D eigenvalue weighted by Gasteiger charge is 2.50. The van der Waals surface area contributed by atoms with Gasteiger partial charge in [0.1, 0.15) is 12.2 Å². The lowest BCUT2D eigenvalue weighted by Crippen LogP contribution is -2.38. The molecular formula is C10H16O5S. The molecule has 0 bridgehead atoms. The van der Waals surface area contributed by atoms with E-state index in [1.807, 2.05) is 0 Å². The topological polar surface area (TPSA) is 77.5 Å². The summed E-state index contributed by atoms with van der Waals surface area (Å²) in [6, 6.07) is 0. The zero-order chi connectivity index (χ0) is 12.6. The molecule has 0 aromatic rings. The Labute approximate surface area is 95.1 Å². The van der Waals surface area contributed by atoms with Crippen LogP contribution in [0.2, 0.25) is 0 Å². The average molecular weight is 248 g/mol. The standard InChI is InChI=1S/C10H16O5S/c1-10(2)7(4-5-16(10,13)14)8(11)6-9(12)15-3/h7H,4-6H2,1-3H3. The van der Waals surface area contributed by atoms with Gasteiger partial charge in [0.15, 0.2) is 9.84 Å². The van der Waals surface area contributed by atoms with Crippen molar-refractivity contribution in [3.8, 4) is 0 Å². The van der Waals surface area contributed by atoms with Crippen molar-refractivity contribution in [1.82, 2.24) is 0 Å². The lowest BCUT2D eigenvalue weighted by Gasteiger charge is -2.23. The monoisotopic (exact) mass is 248 g/mol. The second kappa shape index (κ2) is 4.16. The Morgan fingerprint density at radius 1 is 1.38 bits per heavy atom. The molecular weight excluding hydrogens is 232 g/mol. The Kier molecular flexibility index (Phi) is 3.42. The molecule has 0 aromatic heterocycles. The van der Waals surface area contributed by atoms with E-state index in [0.717, 1.165) is 0 Å². The summed E-state index contributed by atoms with van der Waals surface area (Å²) in [7, 11) is -2.03. The third-order valence-electron chi connectivity index (χ3n) is 3.25. The van der Waals surface area contributed by atoms with E-state index in [4.69, 9.17) is 0 Å². The van der Waals surface area contributed by atoms with Crippen LogP contribution in [0.4, 0.5) is 0 Å². The predicted molar refractivity (Wildman–Crippen MR) is 57.6 cm³/mol. The molecule has 0 radical (unpaired) electrons. The zero-order valence-corrected chi connectivity index (χ0v) is 10.5. The van der Waals surface area contributed by atoms with Crippen LogP contribution < -0.4 is 0 Å². The smallest absolute Gasteiger partial charge is 0.313 e. The van der Waals surface area contributed by atoms with Gasteiger partial charge in [0.2, 0.25) is 0 Å². The zero-order valence-electron chi connectivity index (χ0n) is 9.65. The van der Waals surface area contributed by atoms with Crippen molar-refractivity contribution in [2.75, 3.05) is 12.9 Å². The van der Waals surface area contributed by atoms with Crippen LogP contribution in [0, 0.1) is 5.92 Å². The molecule has 1 aliphatic rings. The third kappa shape index (κ3) is 2.11. The number of methoxy groups -OCH3 is 1. The van der Waals surface area contributed by atoms with Gasteiger partial charge < -0.3 is 4.74 Å². The van der Waals surface area contributed by atoms with E-state index in [2.05, 4.69) is 4.74 Å². The fourth-order valence-corrected chi connectivity index (χ4v) is 3.74. The summed E-state index contributed by atoms with van der Waals surface area (Å²) >= 11 is 0. The number of ether oxygens (including phenoxy) is 1. The van der Waals surface area contributed by atoms with Crippen molar-refractivity contribution in [1.29, 1.82) is 0 Å². The summed E-state index contributed by atoms with van der Waals surface area (Å²) in [5.41, 5.74) is 0. The first-order chi connectivity index (χ1) is 7.22. The Morgan fingerprint density at radius 3 is 2.31 bits per heavy atom. The summed E-state index contributed by atoms with van der Waals surface area (Å²) in [6.07, 6.45) is -0.0503. The van der Waals surface area contributed by atoms with Crippen LogP contribution in [0.15, 0.2) is 0 Å². The molecule has 0 spiro atoms. The van der Waals surface area contributed by atoms with Crippen LogP contribution in [0.5, 0.6) is 0 Å². The fourth-order valence-electron chi connectivity index (χ4n) is 1.99. The van der Waals surface area contributed by atoms with Crippen LogP contribution in [0.3, 0.4) is 0 Å². The van der Waals surface area contributed by atoms with E-state index in [9.17, 15) is 18.0 Å². The van der Waals surface area contributed by atoms with Gasteiger partial charge in [-0.1, -0.05) is 0 Å². The predicted octanol–water partition coefficient (Wildman–Crippen LogP) is 0.332. The average Bonchev–Trinajstić information content (AvgIpc) is 2.36. The van der Waals surface area contributed by atoms with E-state index < -0.39 is 26.5 Å². The number of rotatable bonds is 3. The summed E-state index contributed by atoms with van der Waals surface area (Å²) in [5.74, 6) is -1.56. The molecule has 1 rings (SSSR count). The minimum atomic E-state index is -3.23. The number of esters is 1. The van der Waals surface area contributed by atoms with Gasteiger partial charge in [-0.15, -0.1) is 0 Å². The second-order valence-corrected chi connectivity index (χ2v) is 7.17. The van der Waals surface area contributed by atoms with Gasteiger partial charge in [-0.25, -0.2) is 8.42 Å². The Hall–Kier alpha value is -0.910. The summed E-state index contributed by atoms with van der Waals surface area (Å²) in [6.45, 7) is 3.07.